The topological polar surface area (TPSA) is 104 Å². The lowest BCUT2D eigenvalue weighted by Gasteiger charge is -2.05. The third-order valence-corrected chi connectivity index (χ3v) is 2.88. The van der Waals surface area contributed by atoms with Gasteiger partial charge in [0, 0.05) is 17.1 Å². The van der Waals surface area contributed by atoms with Crippen molar-refractivity contribution in [3.63, 3.8) is 0 Å². The van der Waals surface area contributed by atoms with E-state index in [1.54, 1.807) is 6.20 Å². The summed E-state index contributed by atoms with van der Waals surface area (Å²) in [6.45, 7) is 0.165. The Morgan fingerprint density at radius 2 is 2.11 bits per heavy atom. The monoisotopic (exact) mass is 258 g/mol. The third kappa shape index (κ3) is 1.90. The van der Waals surface area contributed by atoms with Crippen LogP contribution in [-0.2, 0) is 6.54 Å². The number of hydrogen-bond acceptors (Lipinski definition) is 4. The molecule has 0 bridgehead atoms. The van der Waals surface area contributed by atoms with Crippen molar-refractivity contribution < 1.29 is 5.11 Å². The van der Waals surface area contributed by atoms with Gasteiger partial charge in [0.05, 0.1) is 6.54 Å². The number of aromatic hydroxyl groups is 1. The molecule has 0 aliphatic carbocycles. The summed E-state index contributed by atoms with van der Waals surface area (Å²) in [7, 11) is 0. The van der Waals surface area contributed by atoms with Crippen LogP contribution in [0, 0.1) is 0 Å². The molecule has 0 saturated carbocycles. The van der Waals surface area contributed by atoms with Crippen molar-refractivity contribution in [1.29, 1.82) is 0 Å². The molecule has 0 amide bonds. The molecule has 96 valence electrons. The lowest BCUT2D eigenvalue weighted by molar-refractivity contribution is 0.409. The molecule has 3 rings (SSSR count). The fourth-order valence-corrected chi connectivity index (χ4v) is 1.98. The minimum Gasteiger partial charge on any atom is -0.488 e. The van der Waals surface area contributed by atoms with Crippen molar-refractivity contribution in [2.24, 2.45) is 0 Å². The van der Waals surface area contributed by atoms with Crippen molar-refractivity contribution in [1.82, 2.24) is 19.7 Å². The van der Waals surface area contributed by atoms with E-state index in [1.807, 2.05) is 29.2 Å². The lowest BCUT2D eigenvalue weighted by Crippen LogP contribution is -2.32. The molecule has 0 fully saturated rings. The highest BCUT2D eigenvalue weighted by molar-refractivity contribution is 5.82. The van der Waals surface area contributed by atoms with Crippen LogP contribution in [0.3, 0.4) is 0 Å². The number of benzene rings is 1. The minimum absolute atomic E-state index is 0.165. The number of rotatable bonds is 2. The van der Waals surface area contributed by atoms with Crippen molar-refractivity contribution in [2.45, 2.75) is 6.54 Å². The van der Waals surface area contributed by atoms with E-state index in [0.29, 0.717) is 0 Å². The molecule has 0 aliphatic rings. The van der Waals surface area contributed by atoms with Gasteiger partial charge in [-0.15, -0.1) is 5.10 Å². The van der Waals surface area contributed by atoms with Gasteiger partial charge >= 0.3 is 11.2 Å². The van der Waals surface area contributed by atoms with Gasteiger partial charge < -0.3 is 10.1 Å². The van der Waals surface area contributed by atoms with E-state index in [0.717, 1.165) is 21.1 Å². The van der Waals surface area contributed by atoms with E-state index < -0.39 is 17.1 Å². The number of nitrogens with one attached hydrogen (secondary N) is 2. The minimum atomic E-state index is -0.888. The molecule has 3 aromatic rings. The van der Waals surface area contributed by atoms with Crippen LogP contribution in [0.15, 0.2) is 40.1 Å². The summed E-state index contributed by atoms with van der Waals surface area (Å²) in [4.78, 5) is 27.7. The van der Waals surface area contributed by atoms with Crippen LogP contribution in [0.25, 0.3) is 10.9 Å². The Labute approximate surface area is 106 Å². The zero-order valence-corrected chi connectivity index (χ0v) is 9.75. The maximum absolute atomic E-state index is 11.6. The third-order valence-electron chi connectivity index (χ3n) is 2.88. The fourth-order valence-electron chi connectivity index (χ4n) is 1.98. The second-order valence-corrected chi connectivity index (χ2v) is 4.10. The van der Waals surface area contributed by atoms with Crippen LogP contribution in [0.4, 0.5) is 0 Å². The number of aromatic amines is 2. The van der Waals surface area contributed by atoms with E-state index >= 15 is 0 Å². The van der Waals surface area contributed by atoms with Gasteiger partial charge in [0.1, 0.15) is 0 Å². The van der Waals surface area contributed by atoms with Gasteiger partial charge in [0.25, 0.3) is 5.88 Å². The van der Waals surface area contributed by atoms with Crippen LogP contribution in [0.5, 0.6) is 5.88 Å². The van der Waals surface area contributed by atoms with Crippen molar-refractivity contribution in [3.8, 4) is 5.88 Å². The molecule has 2 aromatic heterocycles. The molecule has 3 N–H and O–H groups in total. The molecule has 0 aliphatic heterocycles. The average Bonchev–Trinajstić information content (AvgIpc) is 2.85. The Morgan fingerprint density at radius 1 is 1.26 bits per heavy atom. The van der Waals surface area contributed by atoms with Crippen molar-refractivity contribution >= 4 is 10.9 Å². The van der Waals surface area contributed by atoms with E-state index in [9.17, 15) is 14.7 Å². The number of nitrogens with zero attached hydrogens (tertiary/aromatic N) is 2. The van der Waals surface area contributed by atoms with Gasteiger partial charge in [-0.05, 0) is 17.7 Å². The average molecular weight is 258 g/mol. The van der Waals surface area contributed by atoms with E-state index in [1.165, 1.54) is 0 Å². The molecular weight excluding hydrogens is 248 g/mol. The summed E-state index contributed by atoms with van der Waals surface area (Å²) in [5, 5.41) is 13.8. The first-order chi connectivity index (χ1) is 9.15. The molecule has 0 atom stereocenters. The first-order valence-corrected chi connectivity index (χ1v) is 5.60. The highest BCUT2D eigenvalue weighted by Crippen LogP contribution is 2.17. The molecule has 2 heterocycles. The van der Waals surface area contributed by atoms with Gasteiger partial charge in [-0.3, -0.25) is 9.78 Å². The van der Waals surface area contributed by atoms with Crippen LogP contribution in [0.1, 0.15) is 5.56 Å². The Balaban J connectivity index is 2.11. The molecule has 19 heavy (non-hydrogen) atoms. The summed E-state index contributed by atoms with van der Waals surface area (Å²) in [5.74, 6) is -0.721. The number of aromatic nitrogens is 4. The highest BCUT2D eigenvalue weighted by Gasteiger charge is 2.07. The SMILES string of the molecule is O=c1[nH]c(=O)n(Cc2cccc3[nH]ccc23)nc1O. The Morgan fingerprint density at radius 3 is 2.95 bits per heavy atom. The number of H-pyrrole nitrogens is 2. The Bertz CT molecular complexity index is 859. The second-order valence-electron chi connectivity index (χ2n) is 4.10. The van der Waals surface area contributed by atoms with Crippen LogP contribution >= 0.6 is 0 Å². The zero-order valence-electron chi connectivity index (χ0n) is 9.75. The molecule has 1 aromatic carbocycles. The molecular formula is C12H10N4O3. The molecule has 7 nitrogen and oxygen atoms in total. The molecule has 0 saturated heterocycles. The van der Waals surface area contributed by atoms with Crippen LogP contribution < -0.4 is 11.2 Å². The Kier molecular flexibility index (Phi) is 2.45. The molecule has 0 spiro atoms. The first kappa shape index (κ1) is 11.3. The summed E-state index contributed by atoms with van der Waals surface area (Å²) >= 11 is 0. The summed E-state index contributed by atoms with van der Waals surface area (Å²) < 4.78 is 1.01. The van der Waals surface area contributed by atoms with Crippen LogP contribution in [0.2, 0.25) is 0 Å². The zero-order chi connectivity index (χ0) is 13.4. The van der Waals surface area contributed by atoms with Crippen molar-refractivity contribution in [2.75, 3.05) is 0 Å². The first-order valence-electron chi connectivity index (χ1n) is 5.60. The largest absolute Gasteiger partial charge is 0.488 e. The fraction of sp³-hybridized carbons (Fsp3) is 0.0833. The molecule has 0 unspecified atom stereocenters. The number of fused-ring (bicyclic) bond motifs is 1. The molecule has 0 radical (unpaired) electrons. The smallest absolute Gasteiger partial charge is 0.345 e. The maximum atomic E-state index is 11.6. The van der Waals surface area contributed by atoms with E-state index in [2.05, 4.69) is 10.1 Å². The summed E-state index contributed by atoms with van der Waals surface area (Å²) in [5.41, 5.74) is 0.260. The van der Waals surface area contributed by atoms with E-state index in [-0.39, 0.29) is 6.54 Å². The predicted octanol–water partition coefficient (Wildman–Crippen LogP) is 0.167. The normalized spacial score (nSPS) is 10.9. The van der Waals surface area contributed by atoms with Gasteiger partial charge in [0.2, 0.25) is 0 Å². The van der Waals surface area contributed by atoms with Gasteiger partial charge in [-0.1, -0.05) is 12.1 Å². The van der Waals surface area contributed by atoms with Crippen molar-refractivity contribution in [3.05, 3.63) is 56.9 Å². The standard InChI is InChI=1S/C12H10N4O3/c17-10-11(18)15-16(12(19)14-10)6-7-2-1-3-9-8(7)4-5-13-9/h1-5,13H,6H2,(H,15,18)(H,14,17,19). The summed E-state index contributed by atoms with van der Waals surface area (Å²) in [6.07, 6.45) is 1.80. The van der Waals surface area contributed by atoms with Gasteiger partial charge in [0.15, 0.2) is 0 Å². The van der Waals surface area contributed by atoms with Gasteiger partial charge in [-0.25, -0.2) is 9.48 Å². The highest BCUT2D eigenvalue weighted by atomic mass is 16.3. The van der Waals surface area contributed by atoms with Crippen LogP contribution in [-0.4, -0.2) is 24.9 Å². The predicted molar refractivity (Wildman–Crippen MR) is 68.2 cm³/mol. The summed E-state index contributed by atoms with van der Waals surface area (Å²) in [6, 6.07) is 7.51. The Hall–Kier alpha value is -2.83. The second kappa shape index (κ2) is 4.13. The molecule has 7 heteroatoms. The number of hydrogen-bond donors (Lipinski definition) is 3. The lowest BCUT2D eigenvalue weighted by atomic mass is 10.1. The van der Waals surface area contributed by atoms with E-state index in [4.69, 9.17) is 0 Å². The maximum Gasteiger partial charge on any atom is 0.345 e. The quantitative estimate of drug-likeness (QED) is 0.609. The van der Waals surface area contributed by atoms with Gasteiger partial charge in [-0.2, -0.15) is 0 Å².